The van der Waals surface area contributed by atoms with Gasteiger partial charge in [0.05, 0.1) is 5.56 Å². The summed E-state index contributed by atoms with van der Waals surface area (Å²) >= 11 is 0. The predicted octanol–water partition coefficient (Wildman–Crippen LogP) is 1.04. The molecule has 2 rings (SSSR count). The molecular formula is C13H10F3N3O5. The number of nitrogens with one attached hydrogen (secondary N) is 1. The van der Waals surface area contributed by atoms with Crippen LogP contribution in [-0.4, -0.2) is 28.2 Å². The summed E-state index contributed by atoms with van der Waals surface area (Å²) in [6, 6.07) is 2.64. The molecule has 0 aliphatic carbocycles. The molecule has 8 nitrogen and oxygen atoms in total. The molecule has 0 saturated heterocycles. The topological polar surface area (TPSA) is 103 Å². The second-order valence-electron chi connectivity index (χ2n) is 4.48. The minimum absolute atomic E-state index is 0.102. The summed E-state index contributed by atoms with van der Waals surface area (Å²) in [5.41, 5.74) is -1.90. The highest BCUT2D eigenvalue weighted by molar-refractivity contribution is 5.91. The van der Waals surface area contributed by atoms with Crippen LogP contribution in [0, 0.1) is 0 Å². The molecular weight excluding hydrogens is 335 g/mol. The van der Waals surface area contributed by atoms with Gasteiger partial charge in [-0.25, -0.2) is 0 Å². The van der Waals surface area contributed by atoms with Gasteiger partial charge in [-0.15, -0.1) is 0 Å². The number of carbonyl (C=O) groups is 2. The van der Waals surface area contributed by atoms with Crippen LogP contribution in [0.15, 0.2) is 40.0 Å². The van der Waals surface area contributed by atoms with Gasteiger partial charge in [-0.1, -0.05) is 5.16 Å². The Bertz CT molecular complexity index is 783. The smallest absolute Gasteiger partial charge is 0.417 e. The van der Waals surface area contributed by atoms with E-state index in [2.05, 4.69) is 19.7 Å². The number of ether oxygens (including phenoxy) is 1. The molecule has 0 aliphatic heterocycles. The van der Waals surface area contributed by atoms with Crippen LogP contribution >= 0.6 is 0 Å². The van der Waals surface area contributed by atoms with Gasteiger partial charge in [0.25, 0.3) is 11.5 Å². The highest BCUT2D eigenvalue weighted by Gasteiger charge is 2.31. The number of hydrogen-bond donors (Lipinski definition) is 1. The lowest BCUT2D eigenvalue weighted by atomic mass is 10.3. The van der Waals surface area contributed by atoms with E-state index in [1.165, 1.54) is 12.3 Å². The van der Waals surface area contributed by atoms with Crippen molar-refractivity contribution in [2.75, 3.05) is 11.9 Å². The summed E-state index contributed by atoms with van der Waals surface area (Å²) in [5, 5.41) is 5.64. The Labute approximate surface area is 131 Å². The van der Waals surface area contributed by atoms with E-state index in [9.17, 15) is 27.6 Å². The lowest BCUT2D eigenvalue weighted by molar-refractivity contribution is -0.148. The SMILES string of the molecule is O=C(COC(=O)Cn1cc(C(F)(F)F)ccc1=O)Nc1ccon1. The van der Waals surface area contributed by atoms with Crippen molar-refractivity contribution in [2.45, 2.75) is 12.7 Å². The normalized spacial score (nSPS) is 11.1. The highest BCUT2D eigenvalue weighted by Crippen LogP contribution is 2.27. The molecule has 0 bridgehead atoms. The molecule has 0 spiro atoms. The van der Waals surface area contributed by atoms with Crippen LogP contribution in [0.4, 0.5) is 19.0 Å². The van der Waals surface area contributed by atoms with E-state index in [-0.39, 0.29) is 5.82 Å². The highest BCUT2D eigenvalue weighted by atomic mass is 19.4. The number of rotatable bonds is 5. The van der Waals surface area contributed by atoms with Crippen molar-refractivity contribution < 1.29 is 32.0 Å². The Kier molecular flexibility index (Phi) is 5.02. The number of halogens is 3. The molecule has 0 fully saturated rings. The number of anilines is 1. The third-order valence-electron chi connectivity index (χ3n) is 2.68. The van der Waals surface area contributed by atoms with E-state index >= 15 is 0 Å². The van der Waals surface area contributed by atoms with Crippen molar-refractivity contribution in [3.8, 4) is 0 Å². The molecule has 11 heteroatoms. The number of hydrogen-bond acceptors (Lipinski definition) is 6. The Hall–Kier alpha value is -3.11. The third kappa shape index (κ3) is 4.69. The monoisotopic (exact) mass is 345 g/mol. The van der Waals surface area contributed by atoms with Crippen molar-refractivity contribution in [1.82, 2.24) is 9.72 Å². The number of amides is 1. The summed E-state index contributed by atoms with van der Waals surface area (Å²) in [4.78, 5) is 34.5. The van der Waals surface area contributed by atoms with Crippen LogP contribution in [0.2, 0.25) is 0 Å². The molecule has 1 N–H and O–H groups in total. The average molecular weight is 345 g/mol. The lowest BCUT2D eigenvalue weighted by Gasteiger charge is -2.10. The summed E-state index contributed by atoms with van der Waals surface area (Å²) in [5.74, 6) is -1.68. The molecule has 2 aromatic heterocycles. The van der Waals surface area contributed by atoms with Gasteiger partial charge in [-0.05, 0) is 6.07 Å². The van der Waals surface area contributed by atoms with Gasteiger partial charge in [0.15, 0.2) is 12.4 Å². The zero-order valence-corrected chi connectivity index (χ0v) is 11.9. The van der Waals surface area contributed by atoms with Crippen LogP contribution < -0.4 is 10.9 Å². The summed E-state index contributed by atoms with van der Waals surface area (Å²) in [7, 11) is 0. The quantitative estimate of drug-likeness (QED) is 0.812. The fourth-order valence-electron chi connectivity index (χ4n) is 1.61. The van der Waals surface area contributed by atoms with Crippen LogP contribution in [0.5, 0.6) is 0 Å². The first kappa shape index (κ1) is 17.2. The molecule has 1 amide bonds. The average Bonchev–Trinajstić information content (AvgIpc) is 2.99. The number of esters is 1. The number of alkyl halides is 3. The predicted molar refractivity (Wildman–Crippen MR) is 71.8 cm³/mol. The lowest BCUT2D eigenvalue weighted by Crippen LogP contribution is -2.28. The van der Waals surface area contributed by atoms with Crippen LogP contribution in [0.3, 0.4) is 0 Å². The molecule has 0 radical (unpaired) electrons. The number of nitrogens with zero attached hydrogens (tertiary/aromatic N) is 2. The van der Waals surface area contributed by atoms with Gasteiger partial charge in [0.2, 0.25) is 0 Å². The van der Waals surface area contributed by atoms with Crippen molar-refractivity contribution in [2.24, 2.45) is 0 Å². The second kappa shape index (κ2) is 6.98. The van der Waals surface area contributed by atoms with E-state index in [4.69, 9.17) is 0 Å². The van der Waals surface area contributed by atoms with Crippen LogP contribution in [0.1, 0.15) is 5.56 Å². The van der Waals surface area contributed by atoms with Gasteiger partial charge >= 0.3 is 12.1 Å². The summed E-state index contributed by atoms with van der Waals surface area (Å²) < 4.78 is 47.3. The second-order valence-corrected chi connectivity index (χ2v) is 4.48. The summed E-state index contributed by atoms with van der Waals surface area (Å²) in [6.45, 7) is -1.46. The van der Waals surface area contributed by atoms with Crippen LogP contribution in [0.25, 0.3) is 0 Å². The van der Waals surface area contributed by atoms with E-state index < -0.39 is 42.3 Å². The third-order valence-corrected chi connectivity index (χ3v) is 2.68. The maximum absolute atomic E-state index is 12.6. The Balaban J connectivity index is 1.92. The first-order valence-corrected chi connectivity index (χ1v) is 6.39. The van der Waals surface area contributed by atoms with Crippen molar-refractivity contribution >= 4 is 17.7 Å². The van der Waals surface area contributed by atoms with E-state index in [1.54, 1.807) is 0 Å². The standard InChI is InChI=1S/C13H10F3N3O5/c14-13(15,16)8-1-2-11(21)19(5-8)6-12(22)23-7-10(20)17-9-3-4-24-18-9/h1-5H,6-7H2,(H,17,18,20). The molecule has 128 valence electrons. The first-order valence-electron chi connectivity index (χ1n) is 6.39. The van der Waals surface area contributed by atoms with E-state index in [0.717, 1.165) is 0 Å². The Morgan fingerprint density at radius 3 is 2.67 bits per heavy atom. The van der Waals surface area contributed by atoms with E-state index in [1.807, 2.05) is 0 Å². The molecule has 0 aliphatic rings. The zero-order chi connectivity index (χ0) is 17.7. The Morgan fingerprint density at radius 2 is 2.04 bits per heavy atom. The van der Waals surface area contributed by atoms with Gasteiger partial charge < -0.3 is 19.1 Å². The molecule has 2 heterocycles. The fourth-order valence-corrected chi connectivity index (χ4v) is 1.61. The van der Waals surface area contributed by atoms with Gasteiger partial charge in [0, 0.05) is 18.3 Å². The molecule has 24 heavy (non-hydrogen) atoms. The minimum Gasteiger partial charge on any atom is -0.454 e. The van der Waals surface area contributed by atoms with Crippen molar-refractivity contribution in [3.05, 3.63) is 46.6 Å². The van der Waals surface area contributed by atoms with Gasteiger partial charge in [-0.3, -0.25) is 14.4 Å². The minimum atomic E-state index is -4.66. The molecule has 0 aromatic carbocycles. The molecule has 0 saturated carbocycles. The first-order chi connectivity index (χ1) is 11.3. The fraction of sp³-hybridized carbons (Fsp3) is 0.231. The summed E-state index contributed by atoms with van der Waals surface area (Å²) in [6.07, 6.45) is -2.95. The largest absolute Gasteiger partial charge is 0.454 e. The van der Waals surface area contributed by atoms with Crippen LogP contribution in [-0.2, 0) is 27.0 Å². The molecule has 0 atom stereocenters. The zero-order valence-electron chi connectivity index (χ0n) is 11.9. The van der Waals surface area contributed by atoms with Gasteiger partial charge in [-0.2, -0.15) is 13.2 Å². The number of aromatic nitrogens is 2. The molecule has 2 aromatic rings. The van der Waals surface area contributed by atoms with Crippen molar-refractivity contribution in [1.29, 1.82) is 0 Å². The van der Waals surface area contributed by atoms with Gasteiger partial charge in [0.1, 0.15) is 12.8 Å². The maximum atomic E-state index is 12.6. The molecule has 0 unspecified atom stereocenters. The van der Waals surface area contributed by atoms with E-state index in [0.29, 0.717) is 22.9 Å². The van der Waals surface area contributed by atoms with Crippen molar-refractivity contribution in [3.63, 3.8) is 0 Å². The maximum Gasteiger partial charge on any atom is 0.417 e. The number of pyridine rings is 1. The Morgan fingerprint density at radius 1 is 1.29 bits per heavy atom. The number of carbonyl (C=O) groups excluding carboxylic acids is 2.